The van der Waals surface area contributed by atoms with Gasteiger partial charge in [0, 0.05) is 12.3 Å². The van der Waals surface area contributed by atoms with Crippen LogP contribution < -0.4 is 0 Å². The first-order valence-electron chi connectivity index (χ1n) is 5.13. The van der Waals surface area contributed by atoms with Crippen LogP contribution in [0.5, 0.6) is 0 Å². The monoisotopic (exact) mass is 196 g/mol. The van der Waals surface area contributed by atoms with Crippen molar-refractivity contribution < 1.29 is 9.59 Å². The van der Waals surface area contributed by atoms with Gasteiger partial charge in [0.05, 0.1) is 0 Å². The standard InChI is InChI=1S/C12H20O2/c1-9(2)12(14)7-5-6-10(3)8-11(4)13/h5,7,9-10H,6,8H2,1-4H3/b7-5+. The predicted molar refractivity (Wildman–Crippen MR) is 58.1 cm³/mol. The molecule has 0 fully saturated rings. The maximum Gasteiger partial charge on any atom is 0.157 e. The van der Waals surface area contributed by atoms with Crippen LogP contribution in [0.15, 0.2) is 12.2 Å². The van der Waals surface area contributed by atoms with Crippen molar-refractivity contribution in [3.8, 4) is 0 Å². The zero-order valence-corrected chi connectivity index (χ0v) is 9.54. The Morgan fingerprint density at radius 2 is 1.79 bits per heavy atom. The molecule has 0 aromatic rings. The fraction of sp³-hybridized carbons (Fsp3) is 0.667. The van der Waals surface area contributed by atoms with Gasteiger partial charge in [0.2, 0.25) is 0 Å². The predicted octanol–water partition coefficient (Wildman–Crippen LogP) is 2.77. The summed E-state index contributed by atoms with van der Waals surface area (Å²) in [5.41, 5.74) is 0. The second-order valence-electron chi connectivity index (χ2n) is 4.21. The van der Waals surface area contributed by atoms with E-state index in [2.05, 4.69) is 0 Å². The maximum absolute atomic E-state index is 11.2. The van der Waals surface area contributed by atoms with Crippen molar-refractivity contribution in [3.05, 3.63) is 12.2 Å². The van der Waals surface area contributed by atoms with Crippen LogP contribution in [0.2, 0.25) is 0 Å². The number of carbonyl (C=O) groups excluding carboxylic acids is 2. The summed E-state index contributed by atoms with van der Waals surface area (Å²) in [6.45, 7) is 7.38. The number of ketones is 2. The lowest BCUT2D eigenvalue weighted by Crippen LogP contribution is -2.03. The third-order valence-electron chi connectivity index (χ3n) is 2.03. The molecule has 14 heavy (non-hydrogen) atoms. The highest BCUT2D eigenvalue weighted by atomic mass is 16.1. The first-order valence-corrected chi connectivity index (χ1v) is 5.13. The lowest BCUT2D eigenvalue weighted by Gasteiger charge is -2.04. The summed E-state index contributed by atoms with van der Waals surface area (Å²) in [6, 6.07) is 0. The summed E-state index contributed by atoms with van der Waals surface area (Å²) in [7, 11) is 0. The largest absolute Gasteiger partial charge is 0.300 e. The van der Waals surface area contributed by atoms with Crippen molar-refractivity contribution in [1.29, 1.82) is 0 Å². The summed E-state index contributed by atoms with van der Waals surface area (Å²) < 4.78 is 0. The van der Waals surface area contributed by atoms with E-state index in [1.807, 2.05) is 26.8 Å². The first-order chi connectivity index (χ1) is 6.43. The van der Waals surface area contributed by atoms with Gasteiger partial charge in [-0.3, -0.25) is 4.79 Å². The molecule has 0 heterocycles. The molecular weight excluding hydrogens is 176 g/mol. The molecule has 2 heteroatoms. The summed E-state index contributed by atoms with van der Waals surface area (Å²) in [5.74, 6) is 0.763. The van der Waals surface area contributed by atoms with E-state index in [0.717, 1.165) is 6.42 Å². The molecule has 0 saturated carbocycles. The van der Waals surface area contributed by atoms with Gasteiger partial charge in [-0.15, -0.1) is 0 Å². The molecule has 0 amide bonds. The van der Waals surface area contributed by atoms with E-state index < -0.39 is 0 Å². The number of rotatable bonds is 6. The van der Waals surface area contributed by atoms with Crippen molar-refractivity contribution in [1.82, 2.24) is 0 Å². The van der Waals surface area contributed by atoms with Gasteiger partial charge < -0.3 is 4.79 Å². The minimum atomic E-state index is 0.0642. The molecule has 0 aliphatic rings. The van der Waals surface area contributed by atoms with E-state index in [1.165, 1.54) is 0 Å². The average molecular weight is 196 g/mol. The molecule has 0 aliphatic carbocycles. The fourth-order valence-electron chi connectivity index (χ4n) is 1.18. The van der Waals surface area contributed by atoms with Crippen LogP contribution in [0.3, 0.4) is 0 Å². The number of allylic oxidation sites excluding steroid dienone is 2. The molecule has 0 aliphatic heterocycles. The van der Waals surface area contributed by atoms with E-state index in [9.17, 15) is 9.59 Å². The Kier molecular flexibility index (Phi) is 6.09. The maximum atomic E-state index is 11.2. The number of carbonyl (C=O) groups is 2. The molecule has 0 radical (unpaired) electrons. The Morgan fingerprint density at radius 1 is 1.21 bits per heavy atom. The van der Waals surface area contributed by atoms with Gasteiger partial charge in [0.25, 0.3) is 0 Å². The summed E-state index contributed by atoms with van der Waals surface area (Å²) in [5, 5.41) is 0. The van der Waals surface area contributed by atoms with E-state index in [0.29, 0.717) is 12.3 Å². The molecule has 0 spiro atoms. The topological polar surface area (TPSA) is 34.1 Å². The molecular formula is C12H20O2. The Morgan fingerprint density at radius 3 is 2.21 bits per heavy atom. The van der Waals surface area contributed by atoms with Crippen LogP contribution in [0.25, 0.3) is 0 Å². The van der Waals surface area contributed by atoms with Crippen LogP contribution in [-0.2, 0) is 9.59 Å². The fourth-order valence-corrected chi connectivity index (χ4v) is 1.18. The normalized spacial score (nSPS) is 13.5. The SMILES string of the molecule is CC(=O)CC(C)C/C=C/C(=O)C(C)C. The molecule has 2 nitrogen and oxygen atoms in total. The second-order valence-corrected chi connectivity index (χ2v) is 4.21. The van der Waals surface area contributed by atoms with Gasteiger partial charge in [0.1, 0.15) is 5.78 Å². The molecule has 0 saturated heterocycles. The van der Waals surface area contributed by atoms with Crippen LogP contribution in [0, 0.1) is 11.8 Å². The molecule has 0 bridgehead atoms. The van der Waals surface area contributed by atoms with Gasteiger partial charge in [-0.1, -0.05) is 26.8 Å². The minimum absolute atomic E-state index is 0.0642. The van der Waals surface area contributed by atoms with Crippen LogP contribution in [0.4, 0.5) is 0 Å². The highest BCUT2D eigenvalue weighted by Gasteiger charge is 2.04. The van der Waals surface area contributed by atoms with Crippen LogP contribution in [-0.4, -0.2) is 11.6 Å². The average Bonchev–Trinajstić information content (AvgIpc) is 2.02. The van der Waals surface area contributed by atoms with Gasteiger partial charge in [0.15, 0.2) is 5.78 Å². The molecule has 0 aromatic carbocycles. The highest BCUT2D eigenvalue weighted by Crippen LogP contribution is 2.09. The Hall–Kier alpha value is -0.920. The molecule has 0 N–H and O–H groups in total. The van der Waals surface area contributed by atoms with Gasteiger partial charge in [-0.05, 0) is 25.3 Å². The molecule has 1 unspecified atom stereocenters. The third kappa shape index (κ3) is 6.58. The molecule has 1 atom stereocenters. The van der Waals surface area contributed by atoms with Gasteiger partial charge in [-0.25, -0.2) is 0 Å². The Bertz CT molecular complexity index is 226. The molecule has 80 valence electrons. The summed E-state index contributed by atoms with van der Waals surface area (Å²) in [6.07, 6.45) is 4.90. The minimum Gasteiger partial charge on any atom is -0.300 e. The first kappa shape index (κ1) is 13.1. The molecule has 0 rings (SSSR count). The third-order valence-corrected chi connectivity index (χ3v) is 2.03. The van der Waals surface area contributed by atoms with E-state index in [-0.39, 0.29) is 17.5 Å². The van der Waals surface area contributed by atoms with Crippen molar-refractivity contribution >= 4 is 11.6 Å². The van der Waals surface area contributed by atoms with E-state index >= 15 is 0 Å². The number of hydrogen-bond donors (Lipinski definition) is 0. The van der Waals surface area contributed by atoms with Crippen molar-refractivity contribution in [2.24, 2.45) is 11.8 Å². The quantitative estimate of drug-likeness (QED) is 0.612. The van der Waals surface area contributed by atoms with Crippen LogP contribution >= 0.6 is 0 Å². The number of hydrogen-bond acceptors (Lipinski definition) is 2. The lowest BCUT2D eigenvalue weighted by atomic mass is 10.0. The van der Waals surface area contributed by atoms with Crippen molar-refractivity contribution in [2.45, 2.75) is 40.5 Å². The molecule has 0 aromatic heterocycles. The van der Waals surface area contributed by atoms with Gasteiger partial charge >= 0.3 is 0 Å². The zero-order valence-electron chi connectivity index (χ0n) is 9.54. The van der Waals surface area contributed by atoms with Crippen molar-refractivity contribution in [2.75, 3.05) is 0 Å². The Balaban J connectivity index is 3.81. The Labute approximate surface area is 86.4 Å². The smallest absolute Gasteiger partial charge is 0.157 e. The van der Waals surface area contributed by atoms with E-state index in [1.54, 1.807) is 13.0 Å². The van der Waals surface area contributed by atoms with Crippen molar-refractivity contribution in [3.63, 3.8) is 0 Å². The lowest BCUT2D eigenvalue weighted by molar-refractivity contribution is -0.118. The zero-order chi connectivity index (χ0) is 11.1. The van der Waals surface area contributed by atoms with E-state index in [4.69, 9.17) is 0 Å². The summed E-state index contributed by atoms with van der Waals surface area (Å²) >= 11 is 0. The number of Topliss-reactive ketones (excluding diaryl/α,β-unsaturated/α-hetero) is 1. The second kappa shape index (κ2) is 6.52. The highest BCUT2D eigenvalue weighted by molar-refractivity contribution is 5.91. The summed E-state index contributed by atoms with van der Waals surface area (Å²) in [4.78, 5) is 22.0. The van der Waals surface area contributed by atoms with Crippen LogP contribution in [0.1, 0.15) is 40.5 Å². The van der Waals surface area contributed by atoms with Gasteiger partial charge in [-0.2, -0.15) is 0 Å².